The van der Waals surface area contributed by atoms with Crippen LogP contribution in [0.25, 0.3) is 0 Å². The molecular weight excluding hydrogens is 220 g/mol. The Hall–Kier alpha value is -1.67. The lowest BCUT2D eigenvalue weighted by molar-refractivity contribution is 0.574. The normalized spacial score (nSPS) is 12.4. The van der Waals surface area contributed by atoms with Crippen molar-refractivity contribution in [1.29, 1.82) is 0 Å². The van der Waals surface area contributed by atoms with Crippen molar-refractivity contribution in [3.63, 3.8) is 0 Å². The van der Waals surface area contributed by atoms with Gasteiger partial charge in [0.1, 0.15) is 0 Å². The number of pyridine rings is 1. The van der Waals surface area contributed by atoms with Crippen LogP contribution in [0.1, 0.15) is 28.4 Å². The Labute approximate surface area is 109 Å². The number of rotatable bonds is 4. The maximum atomic E-state index is 4.44. The van der Waals surface area contributed by atoms with E-state index in [1.165, 1.54) is 16.7 Å². The van der Waals surface area contributed by atoms with E-state index in [9.17, 15) is 0 Å². The SMILES string of the molecule is CNC(Cc1cc(C)ccc1C)c1ccccn1. The summed E-state index contributed by atoms with van der Waals surface area (Å²) in [6.07, 6.45) is 2.82. The van der Waals surface area contributed by atoms with Crippen LogP contribution in [0.5, 0.6) is 0 Å². The fourth-order valence-electron chi connectivity index (χ4n) is 2.18. The Morgan fingerprint density at radius 1 is 1.17 bits per heavy atom. The van der Waals surface area contributed by atoms with Gasteiger partial charge in [-0.25, -0.2) is 0 Å². The number of likely N-dealkylation sites (N-methyl/N-ethyl adjacent to an activating group) is 1. The van der Waals surface area contributed by atoms with Gasteiger partial charge in [-0.15, -0.1) is 0 Å². The van der Waals surface area contributed by atoms with Gasteiger partial charge in [-0.3, -0.25) is 4.98 Å². The molecule has 1 N–H and O–H groups in total. The standard InChI is InChI=1S/C16H20N2/c1-12-7-8-13(2)14(10-12)11-16(17-3)15-6-4-5-9-18-15/h4-10,16-17H,11H2,1-3H3. The molecule has 2 rings (SSSR count). The number of nitrogens with zero attached hydrogens (tertiary/aromatic N) is 1. The Kier molecular flexibility index (Phi) is 4.11. The van der Waals surface area contributed by atoms with E-state index in [4.69, 9.17) is 0 Å². The number of aryl methyl sites for hydroxylation is 2. The van der Waals surface area contributed by atoms with E-state index in [1.54, 1.807) is 0 Å². The van der Waals surface area contributed by atoms with Gasteiger partial charge in [-0.05, 0) is 50.6 Å². The first-order valence-electron chi connectivity index (χ1n) is 6.35. The van der Waals surface area contributed by atoms with Crippen LogP contribution in [0.4, 0.5) is 0 Å². The number of nitrogens with one attached hydrogen (secondary N) is 1. The van der Waals surface area contributed by atoms with Crippen molar-refractivity contribution < 1.29 is 0 Å². The van der Waals surface area contributed by atoms with E-state index in [2.05, 4.69) is 48.4 Å². The zero-order valence-corrected chi connectivity index (χ0v) is 11.3. The molecule has 2 nitrogen and oxygen atoms in total. The highest BCUT2D eigenvalue weighted by Gasteiger charge is 2.12. The van der Waals surface area contributed by atoms with Gasteiger partial charge in [0.2, 0.25) is 0 Å². The first kappa shape index (κ1) is 12.8. The first-order valence-corrected chi connectivity index (χ1v) is 6.35. The molecule has 1 aromatic carbocycles. The van der Waals surface area contributed by atoms with E-state index in [1.807, 2.05) is 25.4 Å². The molecule has 1 heterocycles. The van der Waals surface area contributed by atoms with Crippen LogP contribution in [-0.4, -0.2) is 12.0 Å². The summed E-state index contributed by atoms with van der Waals surface area (Å²) in [6, 6.07) is 13.0. The fraction of sp³-hybridized carbons (Fsp3) is 0.312. The van der Waals surface area contributed by atoms with Crippen molar-refractivity contribution in [2.24, 2.45) is 0 Å². The molecule has 1 unspecified atom stereocenters. The molecule has 0 spiro atoms. The molecule has 1 atom stereocenters. The Balaban J connectivity index is 2.23. The molecule has 18 heavy (non-hydrogen) atoms. The Bertz CT molecular complexity index is 506. The molecule has 0 bridgehead atoms. The first-order chi connectivity index (χ1) is 8.70. The highest BCUT2D eigenvalue weighted by molar-refractivity contribution is 5.32. The van der Waals surface area contributed by atoms with Crippen LogP contribution in [0, 0.1) is 13.8 Å². The number of hydrogen-bond acceptors (Lipinski definition) is 2. The van der Waals surface area contributed by atoms with E-state index in [-0.39, 0.29) is 6.04 Å². The summed E-state index contributed by atoms with van der Waals surface area (Å²) in [4.78, 5) is 4.44. The second-order valence-corrected chi connectivity index (χ2v) is 4.73. The second kappa shape index (κ2) is 5.78. The van der Waals surface area contributed by atoms with Crippen LogP contribution in [0.2, 0.25) is 0 Å². The van der Waals surface area contributed by atoms with E-state index >= 15 is 0 Å². The van der Waals surface area contributed by atoms with Crippen LogP contribution in [0.15, 0.2) is 42.6 Å². The Morgan fingerprint density at radius 3 is 2.67 bits per heavy atom. The topological polar surface area (TPSA) is 24.9 Å². The van der Waals surface area contributed by atoms with Crippen LogP contribution in [-0.2, 0) is 6.42 Å². The molecule has 0 saturated heterocycles. The molecular formula is C16H20N2. The monoisotopic (exact) mass is 240 g/mol. The van der Waals surface area contributed by atoms with Crippen molar-refractivity contribution in [3.8, 4) is 0 Å². The predicted octanol–water partition coefficient (Wildman–Crippen LogP) is 3.20. The highest BCUT2D eigenvalue weighted by Crippen LogP contribution is 2.19. The molecule has 1 aromatic heterocycles. The Morgan fingerprint density at radius 2 is 2.00 bits per heavy atom. The summed E-state index contributed by atoms with van der Waals surface area (Å²) < 4.78 is 0. The minimum atomic E-state index is 0.270. The van der Waals surface area contributed by atoms with Crippen LogP contribution >= 0.6 is 0 Å². The average Bonchev–Trinajstić information content (AvgIpc) is 2.41. The van der Waals surface area contributed by atoms with Crippen molar-refractivity contribution in [3.05, 3.63) is 65.0 Å². The summed E-state index contributed by atoms with van der Waals surface area (Å²) in [7, 11) is 1.99. The van der Waals surface area contributed by atoms with Gasteiger partial charge >= 0.3 is 0 Å². The molecule has 0 aliphatic carbocycles. The van der Waals surface area contributed by atoms with E-state index in [0.29, 0.717) is 0 Å². The number of hydrogen-bond donors (Lipinski definition) is 1. The van der Waals surface area contributed by atoms with Gasteiger partial charge in [0.25, 0.3) is 0 Å². The molecule has 0 amide bonds. The van der Waals surface area contributed by atoms with Crippen molar-refractivity contribution >= 4 is 0 Å². The second-order valence-electron chi connectivity index (χ2n) is 4.73. The molecule has 0 fully saturated rings. The number of benzene rings is 1. The van der Waals surface area contributed by atoms with Crippen molar-refractivity contribution in [2.45, 2.75) is 26.3 Å². The van der Waals surface area contributed by atoms with Crippen molar-refractivity contribution in [2.75, 3.05) is 7.05 Å². The fourth-order valence-corrected chi connectivity index (χ4v) is 2.18. The largest absolute Gasteiger partial charge is 0.311 e. The summed E-state index contributed by atoms with van der Waals surface area (Å²) in [5, 5.41) is 3.35. The summed E-state index contributed by atoms with van der Waals surface area (Å²) in [6.45, 7) is 4.30. The van der Waals surface area contributed by atoms with Gasteiger partial charge < -0.3 is 5.32 Å². The summed E-state index contributed by atoms with van der Waals surface area (Å²) >= 11 is 0. The lowest BCUT2D eigenvalue weighted by Gasteiger charge is -2.17. The minimum absolute atomic E-state index is 0.270. The maximum absolute atomic E-state index is 4.44. The van der Waals surface area contributed by atoms with Gasteiger partial charge in [0.05, 0.1) is 11.7 Å². The summed E-state index contributed by atoms with van der Waals surface area (Å²) in [5.41, 5.74) is 5.14. The highest BCUT2D eigenvalue weighted by atomic mass is 14.9. The van der Waals surface area contributed by atoms with Crippen LogP contribution in [0.3, 0.4) is 0 Å². The van der Waals surface area contributed by atoms with Gasteiger partial charge in [-0.2, -0.15) is 0 Å². The third-order valence-corrected chi connectivity index (χ3v) is 3.32. The predicted molar refractivity (Wildman–Crippen MR) is 75.7 cm³/mol. The van der Waals surface area contributed by atoms with Gasteiger partial charge in [-0.1, -0.05) is 29.8 Å². The molecule has 94 valence electrons. The quantitative estimate of drug-likeness (QED) is 0.887. The minimum Gasteiger partial charge on any atom is -0.311 e. The zero-order chi connectivity index (χ0) is 13.0. The molecule has 2 heteroatoms. The molecule has 0 saturated carbocycles. The number of aromatic nitrogens is 1. The van der Waals surface area contributed by atoms with Gasteiger partial charge in [0, 0.05) is 6.20 Å². The lowest BCUT2D eigenvalue weighted by Crippen LogP contribution is -2.20. The third kappa shape index (κ3) is 2.96. The van der Waals surface area contributed by atoms with Crippen molar-refractivity contribution in [1.82, 2.24) is 10.3 Å². The molecule has 0 radical (unpaired) electrons. The lowest BCUT2D eigenvalue weighted by atomic mass is 9.97. The van der Waals surface area contributed by atoms with E-state index < -0.39 is 0 Å². The molecule has 2 aromatic rings. The summed E-state index contributed by atoms with van der Waals surface area (Å²) in [5.74, 6) is 0. The molecule has 0 aliphatic heterocycles. The average molecular weight is 240 g/mol. The smallest absolute Gasteiger partial charge is 0.0576 e. The maximum Gasteiger partial charge on any atom is 0.0576 e. The third-order valence-electron chi connectivity index (χ3n) is 3.32. The molecule has 0 aliphatic rings. The van der Waals surface area contributed by atoms with Gasteiger partial charge in [0.15, 0.2) is 0 Å². The van der Waals surface area contributed by atoms with E-state index in [0.717, 1.165) is 12.1 Å². The van der Waals surface area contributed by atoms with Crippen LogP contribution < -0.4 is 5.32 Å². The zero-order valence-electron chi connectivity index (χ0n) is 11.3.